The molecule has 1 aliphatic carbocycles. The van der Waals surface area contributed by atoms with Gasteiger partial charge in [0, 0.05) is 22.6 Å². The second-order valence-corrected chi connectivity index (χ2v) is 8.68. The van der Waals surface area contributed by atoms with Gasteiger partial charge in [-0.05, 0) is 52.5 Å². The minimum atomic E-state index is 0.205. The van der Waals surface area contributed by atoms with Crippen LogP contribution in [0.5, 0.6) is 0 Å². The van der Waals surface area contributed by atoms with Crippen LogP contribution in [0.15, 0.2) is 4.99 Å². The van der Waals surface area contributed by atoms with Gasteiger partial charge in [0.2, 0.25) is 0 Å². The molecule has 1 saturated carbocycles. The van der Waals surface area contributed by atoms with E-state index in [4.69, 9.17) is 4.99 Å². The van der Waals surface area contributed by atoms with Gasteiger partial charge in [0.25, 0.3) is 0 Å². The highest BCUT2D eigenvalue weighted by Crippen LogP contribution is 2.27. The van der Waals surface area contributed by atoms with Crippen molar-refractivity contribution >= 4 is 29.5 Å². The van der Waals surface area contributed by atoms with Crippen LogP contribution in [0.3, 0.4) is 0 Å². The van der Waals surface area contributed by atoms with E-state index >= 15 is 0 Å². The van der Waals surface area contributed by atoms with E-state index in [1.54, 1.807) is 0 Å². The average molecular weight is 318 g/mol. The summed E-state index contributed by atoms with van der Waals surface area (Å²) in [5.74, 6) is 0.987. The number of nitrogens with zero attached hydrogens (tertiary/aromatic N) is 1. The smallest absolute Gasteiger partial charge is 0.191 e. The lowest BCUT2D eigenvalue weighted by molar-refractivity contribution is 0.419. The van der Waals surface area contributed by atoms with E-state index in [2.05, 4.69) is 43.9 Å². The fourth-order valence-corrected chi connectivity index (χ4v) is 3.36. The second kappa shape index (κ2) is 9.08. The Hall–Kier alpha value is -0.0300. The van der Waals surface area contributed by atoms with Gasteiger partial charge in [-0.25, -0.2) is 0 Å². The van der Waals surface area contributed by atoms with Gasteiger partial charge < -0.3 is 10.6 Å². The van der Waals surface area contributed by atoms with E-state index in [1.807, 2.05) is 23.5 Å². The summed E-state index contributed by atoms with van der Waals surface area (Å²) in [6.07, 6.45) is 9.61. The fourth-order valence-electron chi connectivity index (χ4n) is 2.34. The standard InChI is InChI=1S/C15H31N3S2/c1-6-16-14(17-11-15(2,3)20-5)18-12-8-7-9-13(10-12)19-4/h12-13H,6-11H2,1-5H3,(H2,16,17,18). The number of thioether (sulfide) groups is 2. The predicted molar refractivity (Wildman–Crippen MR) is 96.3 cm³/mol. The molecule has 0 aromatic carbocycles. The topological polar surface area (TPSA) is 36.4 Å². The molecule has 0 bridgehead atoms. The molecule has 0 spiro atoms. The zero-order valence-corrected chi connectivity index (χ0v) is 15.3. The molecule has 2 N–H and O–H groups in total. The molecule has 118 valence electrons. The first-order valence-corrected chi connectivity index (χ1v) is 10.1. The molecule has 0 heterocycles. The van der Waals surface area contributed by atoms with Crippen LogP contribution in [-0.4, -0.2) is 47.6 Å². The van der Waals surface area contributed by atoms with Crippen molar-refractivity contribution in [3.8, 4) is 0 Å². The number of hydrogen-bond acceptors (Lipinski definition) is 3. The lowest BCUT2D eigenvalue weighted by Gasteiger charge is -2.30. The number of hydrogen-bond donors (Lipinski definition) is 2. The Balaban J connectivity index is 2.55. The van der Waals surface area contributed by atoms with Crippen molar-refractivity contribution in [1.29, 1.82) is 0 Å². The summed E-state index contributed by atoms with van der Waals surface area (Å²) in [7, 11) is 0. The largest absolute Gasteiger partial charge is 0.357 e. The summed E-state index contributed by atoms with van der Waals surface area (Å²) >= 11 is 3.88. The zero-order chi connectivity index (χ0) is 15.0. The summed E-state index contributed by atoms with van der Waals surface area (Å²) in [6.45, 7) is 8.39. The van der Waals surface area contributed by atoms with Crippen LogP contribution in [0, 0.1) is 0 Å². The third kappa shape index (κ3) is 6.61. The molecular formula is C15H31N3S2. The van der Waals surface area contributed by atoms with Crippen LogP contribution < -0.4 is 10.6 Å². The van der Waals surface area contributed by atoms with E-state index in [9.17, 15) is 0 Å². The Kier molecular flexibility index (Phi) is 8.18. The molecule has 3 nitrogen and oxygen atoms in total. The Morgan fingerprint density at radius 3 is 2.65 bits per heavy atom. The maximum Gasteiger partial charge on any atom is 0.191 e. The van der Waals surface area contributed by atoms with Gasteiger partial charge in [0.05, 0.1) is 6.54 Å². The molecule has 2 atom stereocenters. The van der Waals surface area contributed by atoms with Gasteiger partial charge >= 0.3 is 0 Å². The molecule has 1 aliphatic rings. The van der Waals surface area contributed by atoms with E-state index in [0.717, 1.165) is 24.3 Å². The van der Waals surface area contributed by atoms with Gasteiger partial charge in [-0.15, -0.1) is 0 Å². The normalized spacial score (nSPS) is 24.6. The van der Waals surface area contributed by atoms with E-state index in [0.29, 0.717) is 6.04 Å². The molecule has 0 radical (unpaired) electrons. The van der Waals surface area contributed by atoms with E-state index in [-0.39, 0.29) is 4.75 Å². The highest BCUT2D eigenvalue weighted by molar-refractivity contribution is 8.00. The molecular weight excluding hydrogens is 286 g/mol. The highest BCUT2D eigenvalue weighted by atomic mass is 32.2. The number of nitrogens with one attached hydrogen (secondary N) is 2. The molecule has 0 saturated heterocycles. The number of aliphatic imine (C=N–C) groups is 1. The van der Waals surface area contributed by atoms with Crippen LogP contribution in [-0.2, 0) is 0 Å². The molecule has 0 aromatic rings. The SMILES string of the molecule is CCNC(=NCC(C)(C)SC)NC1CCCC(SC)C1. The van der Waals surface area contributed by atoms with E-state index < -0.39 is 0 Å². The molecule has 0 aliphatic heterocycles. The van der Waals surface area contributed by atoms with Gasteiger partial charge in [0.1, 0.15) is 0 Å². The van der Waals surface area contributed by atoms with Crippen LogP contribution >= 0.6 is 23.5 Å². The molecule has 0 aromatic heterocycles. The third-order valence-corrected chi connectivity index (χ3v) is 6.14. The maximum absolute atomic E-state index is 4.77. The van der Waals surface area contributed by atoms with Crippen LogP contribution in [0.25, 0.3) is 0 Å². The molecule has 2 unspecified atom stereocenters. The van der Waals surface area contributed by atoms with Gasteiger partial charge in [0.15, 0.2) is 5.96 Å². The van der Waals surface area contributed by atoms with E-state index in [1.165, 1.54) is 25.7 Å². The van der Waals surface area contributed by atoms with Crippen LogP contribution in [0.1, 0.15) is 46.5 Å². The molecule has 0 amide bonds. The minimum absolute atomic E-state index is 0.205. The first kappa shape index (κ1) is 18.0. The summed E-state index contributed by atoms with van der Waals surface area (Å²) in [4.78, 5) is 4.77. The molecule has 1 fully saturated rings. The van der Waals surface area contributed by atoms with Gasteiger partial charge in [-0.2, -0.15) is 23.5 Å². The summed E-state index contributed by atoms with van der Waals surface area (Å²) in [5.41, 5.74) is 0. The Morgan fingerprint density at radius 1 is 1.30 bits per heavy atom. The maximum atomic E-state index is 4.77. The second-order valence-electron chi connectivity index (χ2n) is 6.02. The van der Waals surface area contributed by atoms with Crippen molar-refractivity contribution in [2.45, 2.75) is 62.5 Å². The monoisotopic (exact) mass is 317 g/mol. The quantitative estimate of drug-likeness (QED) is 0.582. The Labute approximate surface area is 133 Å². The molecule has 5 heteroatoms. The van der Waals surface area contributed by atoms with Crippen molar-refractivity contribution in [3.63, 3.8) is 0 Å². The summed E-state index contributed by atoms with van der Waals surface area (Å²) in [5, 5.41) is 7.83. The van der Waals surface area contributed by atoms with Crippen molar-refractivity contribution in [1.82, 2.24) is 10.6 Å². The van der Waals surface area contributed by atoms with Gasteiger partial charge in [-0.1, -0.05) is 6.42 Å². The predicted octanol–water partition coefficient (Wildman–Crippen LogP) is 3.36. The molecule has 1 rings (SSSR count). The fraction of sp³-hybridized carbons (Fsp3) is 0.933. The number of guanidine groups is 1. The van der Waals surface area contributed by atoms with Crippen LogP contribution in [0.2, 0.25) is 0 Å². The summed E-state index contributed by atoms with van der Waals surface area (Å²) in [6, 6.07) is 0.580. The van der Waals surface area contributed by atoms with Gasteiger partial charge in [-0.3, -0.25) is 4.99 Å². The number of rotatable bonds is 6. The average Bonchev–Trinajstić information content (AvgIpc) is 2.45. The lowest BCUT2D eigenvalue weighted by Crippen LogP contribution is -2.46. The zero-order valence-electron chi connectivity index (χ0n) is 13.7. The van der Waals surface area contributed by atoms with Crippen molar-refractivity contribution in [2.75, 3.05) is 25.6 Å². The van der Waals surface area contributed by atoms with Crippen molar-refractivity contribution < 1.29 is 0 Å². The summed E-state index contributed by atoms with van der Waals surface area (Å²) < 4.78 is 0.205. The first-order valence-electron chi connectivity index (χ1n) is 7.63. The minimum Gasteiger partial charge on any atom is -0.357 e. The molecule has 20 heavy (non-hydrogen) atoms. The lowest BCUT2D eigenvalue weighted by atomic mass is 9.95. The van der Waals surface area contributed by atoms with Crippen LogP contribution in [0.4, 0.5) is 0 Å². The third-order valence-electron chi connectivity index (χ3n) is 3.82. The first-order chi connectivity index (χ1) is 9.50. The highest BCUT2D eigenvalue weighted by Gasteiger charge is 2.22. The Morgan fingerprint density at radius 2 is 2.05 bits per heavy atom. The van der Waals surface area contributed by atoms with Crippen molar-refractivity contribution in [2.24, 2.45) is 4.99 Å². The Bertz CT molecular complexity index is 305. The van der Waals surface area contributed by atoms with Crippen molar-refractivity contribution in [3.05, 3.63) is 0 Å².